The van der Waals surface area contributed by atoms with Crippen LogP contribution in [-0.4, -0.2) is 30.7 Å². The van der Waals surface area contributed by atoms with Crippen molar-refractivity contribution in [2.24, 2.45) is 0 Å². The van der Waals surface area contributed by atoms with Crippen LogP contribution in [0.5, 0.6) is 5.75 Å². The molecule has 4 heteroatoms. The molecule has 1 aromatic rings. The third-order valence-electron chi connectivity index (χ3n) is 2.01. The fraction of sp³-hybridized carbons (Fsp3) is 0.462. The van der Waals surface area contributed by atoms with Gasteiger partial charge in [0.2, 0.25) is 0 Å². The van der Waals surface area contributed by atoms with Gasteiger partial charge in [0.1, 0.15) is 19.0 Å². The minimum Gasteiger partial charge on any atom is -0.490 e. The molecule has 0 N–H and O–H groups in total. The largest absolute Gasteiger partial charge is 0.490 e. The summed E-state index contributed by atoms with van der Waals surface area (Å²) in [7, 11) is 0. The molecule has 17 heavy (non-hydrogen) atoms. The van der Waals surface area contributed by atoms with E-state index in [1.54, 1.807) is 11.8 Å². The summed E-state index contributed by atoms with van der Waals surface area (Å²) in [6.45, 7) is 2.78. The van der Waals surface area contributed by atoms with Gasteiger partial charge in [-0.3, -0.25) is 4.79 Å². The number of hydrogen-bond acceptors (Lipinski definition) is 4. The van der Waals surface area contributed by atoms with Crippen LogP contribution in [0.4, 0.5) is 0 Å². The first-order valence-electron chi connectivity index (χ1n) is 5.74. The average molecular weight is 254 g/mol. The van der Waals surface area contributed by atoms with E-state index in [9.17, 15) is 4.79 Å². The summed E-state index contributed by atoms with van der Waals surface area (Å²) in [5.74, 6) is 2.51. The zero-order valence-corrected chi connectivity index (χ0v) is 10.9. The lowest BCUT2D eigenvalue weighted by atomic mass is 10.3. The Hall–Kier alpha value is -1.16. The van der Waals surface area contributed by atoms with Crippen molar-refractivity contribution in [3.05, 3.63) is 30.3 Å². The molecular weight excluding hydrogens is 236 g/mol. The number of carbonyl (C=O) groups is 1. The first kappa shape index (κ1) is 13.9. The van der Waals surface area contributed by atoms with Crippen molar-refractivity contribution in [1.82, 2.24) is 0 Å². The Morgan fingerprint density at radius 1 is 1.24 bits per heavy atom. The van der Waals surface area contributed by atoms with Crippen LogP contribution in [0.3, 0.4) is 0 Å². The van der Waals surface area contributed by atoms with E-state index in [-0.39, 0.29) is 5.97 Å². The zero-order valence-electron chi connectivity index (χ0n) is 10.1. The molecule has 0 radical (unpaired) electrons. The summed E-state index contributed by atoms with van der Waals surface area (Å²) >= 11 is 1.74. The molecule has 0 heterocycles. The molecule has 0 bridgehead atoms. The average Bonchev–Trinajstić information content (AvgIpc) is 2.36. The number of carbonyl (C=O) groups excluding carboxylic acids is 1. The smallest absolute Gasteiger partial charge is 0.306 e. The molecule has 0 aliphatic heterocycles. The van der Waals surface area contributed by atoms with Gasteiger partial charge in [0.05, 0.1) is 6.42 Å². The lowest BCUT2D eigenvalue weighted by molar-refractivity contribution is -0.143. The van der Waals surface area contributed by atoms with E-state index in [1.165, 1.54) is 0 Å². The standard InChI is InChI=1S/C13H18O3S/c1-2-17-11-8-13(14)16-10-9-15-12-6-4-3-5-7-12/h3-7H,2,8-11H2,1H3. The highest BCUT2D eigenvalue weighted by Crippen LogP contribution is 2.07. The van der Waals surface area contributed by atoms with Crippen LogP contribution in [0.25, 0.3) is 0 Å². The topological polar surface area (TPSA) is 35.5 Å². The molecule has 0 saturated heterocycles. The van der Waals surface area contributed by atoms with E-state index in [0.717, 1.165) is 17.3 Å². The van der Waals surface area contributed by atoms with E-state index in [4.69, 9.17) is 9.47 Å². The van der Waals surface area contributed by atoms with Gasteiger partial charge in [0.15, 0.2) is 0 Å². The van der Waals surface area contributed by atoms with E-state index in [0.29, 0.717) is 19.6 Å². The Balaban J connectivity index is 2.02. The molecule has 0 unspecified atom stereocenters. The molecule has 0 spiro atoms. The predicted molar refractivity (Wildman–Crippen MR) is 70.5 cm³/mol. The lowest BCUT2D eigenvalue weighted by Gasteiger charge is -2.06. The normalized spacial score (nSPS) is 9.94. The van der Waals surface area contributed by atoms with Crippen LogP contribution in [0.15, 0.2) is 30.3 Å². The molecule has 1 aromatic carbocycles. The second kappa shape index (κ2) is 8.93. The summed E-state index contributed by atoms with van der Waals surface area (Å²) in [4.78, 5) is 11.2. The molecule has 0 aliphatic rings. The van der Waals surface area contributed by atoms with Gasteiger partial charge in [-0.25, -0.2) is 0 Å². The first-order chi connectivity index (χ1) is 8.33. The van der Waals surface area contributed by atoms with E-state index in [2.05, 4.69) is 6.92 Å². The second-order valence-electron chi connectivity index (χ2n) is 3.33. The van der Waals surface area contributed by atoms with Crippen molar-refractivity contribution in [3.63, 3.8) is 0 Å². The third-order valence-corrected chi connectivity index (χ3v) is 2.91. The van der Waals surface area contributed by atoms with Gasteiger partial charge >= 0.3 is 5.97 Å². The lowest BCUT2D eigenvalue weighted by Crippen LogP contribution is -2.12. The fourth-order valence-electron chi connectivity index (χ4n) is 1.20. The van der Waals surface area contributed by atoms with Gasteiger partial charge in [-0.1, -0.05) is 25.1 Å². The Labute approximate surface area is 106 Å². The van der Waals surface area contributed by atoms with Gasteiger partial charge in [-0.05, 0) is 17.9 Å². The Morgan fingerprint density at radius 3 is 2.71 bits per heavy atom. The van der Waals surface area contributed by atoms with Gasteiger partial charge in [-0.2, -0.15) is 11.8 Å². The SMILES string of the molecule is CCSCCC(=O)OCCOc1ccccc1. The van der Waals surface area contributed by atoms with Crippen LogP contribution in [-0.2, 0) is 9.53 Å². The van der Waals surface area contributed by atoms with E-state index >= 15 is 0 Å². The van der Waals surface area contributed by atoms with Gasteiger partial charge in [0.25, 0.3) is 0 Å². The molecular formula is C13H18O3S. The highest BCUT2D eigenvalue weighted by atomic mass is 32.2. The van der Waals surface area contributed by atoms with Crippen LogP contribution in [0, 0.1) is 0 Å². The van der Waals surface area contributed by atoms with Gasteiger partial charge in [0, 0.05) is 5.75 Å². The minimum absolute atomic E-state index is 0.150. The molecule has 1 rings (SSSR count). The number of benzene rings is 1. The third kappa shape index (κ3) is 6.89. The number of esters is 1. The maximum absolute atomic E-state index is 11.2. The van der Waals surface area contributed by atoms with Crippen LogP contribution in [0.2, 0.25) is 0 Å². The highest BCUT2D eigenvalue weighted by Gasteiger charge is 2.02. The number of para-hydroxylation sites is 1. The van der Waals surface area contributed by atoms with Crippen LogP contribution >= 0.6 is 11.8 Å². The molecule has 0 aliphatic carbocycles. The van der Waals surface area contributed by atoms with Crippen LogP contribution in [0.1, 0.15) is 13.3 Å². The molecule has 94 valence electrons. The maximum Gasteiger partial charge on any atom is 0.306 e. The van der Waals surface area contributed by atoms with Crippen molar-refractivity contribution < 1.29 is 14.3 Å². The Kier molecular flexibility index (Phi) is 7.30. The van der Waals surface area contributed by atoms with Gasteiger partial charge in [-0.15, -0.1) is 0 Å². The molecule has 0 amide bonds. The Bertz CT molecular complexity index is 314. The number of ether oxygens (including phenoxy) is 2. The van der Waals surface area contributed by atoms with Crippen molar-refractivity contribution in [2.45, 2.75) is 13.3 Å². The minimum atomic E-state index is -0.150. The van der Waals surface area contributed by atoms with Crippen molar-refractivity contribution in [2.75, 3.05) is 24.7 Å². The molecule has 0 aromatic heterocycles. The molecule has 0 fully saturated rings. The quantitative estimate of drug-likeness (QED) is 0.528. The monoisotopic (exact) mass is 254 g/mol. The van der Waals surface area contributed by atoms with Gasteiger partial charge < -0.3 is 9.47 Å². The summed E-state index contributed by atoms with van der Waals surface area (Å²) in [5.41, 5.74) is 0. The number of rotatable bonds is 8. The summed E-state index contributed by atoms with van der Waals surface area (Å²) in [6, 6.07) is 9.49. The molecule has 0 atom stereocenters. The summed E-state index contributed by atoms with van der Waals surface area (Å²) in [5, 5.41) is 0. The first-order valence-corrected chi connectivity index (χ1v) is 6.89. The maximum atomic E-state index is 11.2. The number of thioether (sulfide) groups is 1. The number of hydrogen-bond donors (Lipinski definition) is 0. The van der Waals surface area contributed by atoms with E-state index in [1.807, 2.05) is 30.3 Å². The van der Waals surface area contributed by atoms with Crippen LogP contribution < -0.4 is 4.74 Å². The summed E-state index contributed by atoms with van der Waals surface area (Å²) in [6.07, 6.45) is 0.476. The predicted octanol–water partition coefficient (Wildman–Crippen LogP) is 2.75. The van der Waals surface area contributed by atoms with Crippen molar-refractivity contribution in [1.29, 1.82) is 0 Å². The zero-order chi connectivity index (χ0) is 12.3. The fourth-order valence-corrected chi connectivity index (χ4v) is 1.80. The second-order valence-corrected chi connectivity index (χ2v) is 4.72. The molecule has 3 nitrogen and oxygen atoms in total. The van der Waals surface area contributed by atoms with E-state index < -0.39 is 0 Å². The molecule has 0 saturated carbocycles. The van der Waals surface area contributed by atoms with Crippen molar-refractivity contribution >= 4 is 17.7 Å². The Morgan fingerprint density at radius 2 is 2.00 bits per heavy atom. The highest BCUT2D eigenvalue weighted by molar-refractivity contribution is 7.99. The summed E-state index contributed by atoms with van der Waals surface area (Å²) < 4.78 is 10.4. The van der Waals surface area contributed by atoms with Crippen molar-refractivity contribution in [3.8, 4) is 5.75 Å².